The highest BCUT2D eigenvalue weighted by atomic mass is 35.5. The quantitative estimate of drug-likeness (QED) is 0.686. The van der Waals surface area contributed by atoms with Gasteiger partial charge in [0.05, 0.1) is 18.7 Å². The molecule has 0 aliphatic carbocycles. The van der Waals surface area contributed by atoms with Gasteiger partial charge in [-0.1, -0.05) is 31.0 Å². The second-order valence-corrected chi connectivity index (χ2v) is 8.55. The first-order valence-corrected chi connectivity index (χ1v) is 11.2. The number of tetrazole rings is 1. The number of hydrogen-bond acceptors (Lipinski definition) is 6. The molecule has 1 aromatic heterocycles. The average Bonchev–Trinajstić information content (AvgIpc) is 3.41. The third-order valence-electron chi connectivity index (χ3n) is 6.09. The van der Waals surface area contributed by atoms with Gasteiger partial charge in [0.2, 0.25) is 0 Å². The Morgan fingerprint density at radius 2 is 2.07 bits per heavy atom. The van der Waals surface area contributed by atoms with Crippen molar-refractivity contribution in [1.82, 2.24) is 25.1 Å². The van der Waals surface area contributed by atoms with E-state index >= 15 is 0 Å². The molecule has 2 saturated heterocycles. The lowest BCUT2D eigenvalue weighted by atomic mass is 10.1. The van der Waals surface area contributed by atoms with Crippen LogP contribution in [0.1, 0.15) is 50.0 Å². The first kappa shape index (κ1) is 20.6. The monoisotopic (exact) mass is 418 g/mol. The van der Waals surface area contributed by atoms with Crippen LogP contribution in [0.2, 0.25) is 5.02 Å². The Balaban J connectivity index is 1.45. The molecule has 2 aliphatic rings. The van der Waals surface area contributed by atoms with Gasteiger partial charge >= 0.3 is 0 Å². The Bertz CT molecular complexity index is 798. The molecule has 0 spiro atoms. The van der Waals surface area contributed by atoms with Gasteiger partial charge in [0.1, 0.15) is 0 Å². The molecular weight excluding hydrogens is 388 g/mol. The van der Waals surface area contributed by atoms with Gasteiger partial charge in [-0.2, -0.15) is 0 Å². The van der Waals surface area contributed by atoms with Crippen LogP contribution in [0.25, 0.3) is 0 Å². The molecule has 3 heterocycles. The first-order valence-electron chi connectivity index (χ1n) is 10.8. The number of rotatable bonds is 7. The summed E-state index contributed by atoms with van der Waals surface area (Å²) < 4.78 is 7.78. The van der Waals surface area contributed by atoms with Gasteiger partial charge in [-0.25, -0.2) is 4.68 Å². The van der Waals surface area contributed by atoms with Gasteiger partial charge in [0, 0.05) is 43.5 Å². The number of aryl methyl sites for hydroxylation is 1. The Kier molecular flexibility index (Phi) is 6.67. The van der Waals surface area contributed by atoms with Crippen LogP contribution >= 0.6 is 11.6 Å². The molecule has 4 rings (SSSR count). The van der Waals surface area contributed by atoms with E-state index in [4.69, 9.17) is 16.3 Å². The number of ether oxygens (including phenoxy) is 1. The topological polar surface area (TPSA) is 59.3 Å². The fourth-order valence-corrected chi connectivity index (χ4v) is 4.67. The Labute approximate surface area is 178 Å². The zero-order valence-electron chi connectivity index (χ0n) is 17.4. The molecule has 0 unspecified atom stereocenters. The van der Waals surface area contributed by atoms with Crippen molar-refractivity contribution >= 4 is 17.3 Å². The van der Waals surface area contributed by atoms with Crippen molar-refractivity contribution in [2.45, 2.75) is 58.2 Å². The zero-order chi connectivity index (χ0) is 20.2. The van der Waals surface area contributed by atoms with E-state index in [9.17, 15) is 0 Å². The summed E-state index contributed by atoms with van der Waals surface area (Å²) in [6, 6.07) is 6.39. The molecular formula is C21H31ClN6O. The van der Waals surface area contributed by atoms with E-state index in [0.29, 0.717) is 0 Å². The van der Waals surface area contributed by atoms with Gasteiger partial charge in [-0.3, -0.25) is 4.90 Å². The van der Waals surface area contributed by atoms with Crippen molar-refractivity contribution < 1.29 is 4.74 Å². The van der Waals surface area contributed by atoms with E-state index in [1.165, 1.54) is 11.3 Å². The third-order valence-corrected chi connectivity index (χ3v) is 6.32. The number of anilines is 1. The predicted molar refractivity (Wildman–Crippen MR) is 114 cm³/mol. The van der Waals surface area contributed by atoms with Crippen LogP contribution in [0, 0.1) is 6.92 Å². The Hall–Kier alpha value is -1.70. The van der Waals surface area contributed by atoms with Crippen LogP contribution < -0.4 is 4.90 Å². The maximum atomic E-state index is 6.24. The summed E-state index contributed by atoms with van der Waals surface area (Å²) in [7, 11) is 0. The average molecular weight is 419 g/mol. The third kappa shape index (κ3) is 4.73. The Morgan fingerprint density at radius 1 is 1.24 bits per heavy atom. The molecule has 0 N–H and O–H groups in total. The number of hydrogen-bond donors (Lipinski definition) is 0. The van der Waals surface area contributed by atoms with Crippen molar-refractivity contribution in [1.29, 1.82) is 0 Å². The highest BCUT2D eigenvalue weighted by Gasteiger charge is 2.30. The SMILES string of the molecule is CCC[C@H](c1nnnn1C[C@@H]1CCCO1)N1CCN(c2cc(Cl)ccc2C)CC1. The number of piperazine rings is 1. The van der Waals surface area contributed by atoms with Crippen LogP contribution in [0.4, 0.5) is 5.69 Å². The van der Waals surface area contributed by atoms with Crippen molar-refractivity contribution in [2.24, 2.45) is 0 Å². The lowest BCUT2D eigenvalue weighted by molar-refractivity contribution is 0.0891. The molecule has 2 aliphatic heterocycles. The van der Waals surface area contributed by atoms with E-state index in [1.807, 2.05) is 10.7 Å². The minimum absolute atomic E-state index is 0.238. The number of benzene rings is 1. The summed E-state index contributed by atoms with van der Waals surface area (Å²) >= 11 is 6.24. The molecule has 0 radical (unpaired) electrons. The normalized spacial score (nSPS) is 21.6. The molecule has 0 amide bonds. The summed E-state index contributed by atoms with van der Waals surface area (Å²) in [5.41, 5.74) is 2.51. The summed E-state index contributed by atoms with van der Waals surface area (Å²) in [6.45, 7) is 9.93. The Morgan fingerprint density at radius 3 is 2.79 bits per heavy atom. The predicted octanol–water partition coefficient (Wildman–Crippen LogP) is 3.48. The molecule has 2 atom stereocenters. The standard InChI is InChI=1S/C21H31ClN6O/c1-3-5-19(21-23-24-25-28(21)15-18-6-4-13-29-18)26-9-11-27(12-10-26)20-14-17(22)8-7-16(20)2/h7-8,14,18-19H,3-6,9-13,15H2,1-2H3/t18-,19+/m0/s1. The van der Waals surface area contributed by atoms with E-state index in [0.717, 1.165) is 75.9 Å². The summed E-state index contributed by atoms with van der Waals surface area (Å²) in [5, 5.41) is 13.5. The van der Waals surface area contributed by atoms with E-state index in [1.54, 1.807) is 0 Å². The smallest absolute Gasteiger partial charge is 0.168 e. The first-order chi connectivity index (χ1) is 14.2. The summed E-state index contributed by atoms with van der Waals surface area (Å²) in [4.78, 5) is 4.98. The van der Waals surface area contributed by atoms with Crippen molar-refractivity contribution in [3.8, 4) is 0 Å². The minimum Gasteiger partial charge on any atom is -0.376 e. The summed E-state index contributed by atoms with van der Waals surface area (Å²) in [5.74, 6) is 0.981. The molecule has 7 nitrogen and oxygen atoms in total. The van der Waals surface area contributed by atoms with Crippen LogP contribution in [0.5, 0.6) is 0 Å². The van der Waals surface area contributed by atoms with Crippen molar-refractivity contribution in [3.05, 3.63) is 34.6 Å². The van der Waals surface area contributed by atoms with Crippen LogP contribution in [-0.2, 0) is 11.3 Å². The molecule has 0 bridgehead atoms. The molecule has 1 aromatic carbocycles. The van der Waals surface area contributed by atoms with Gasteiger partial charge in [-0.05, 0) is 54.3 Å². The van der Waals surface area contributed by atoms with Gasteiger partial charge < -0.3 is 9.64 Å². The maximum absolute atomic E-state index is 6.24. The lowest BCUT2D eigenvalue weighted by Crippen LogP contribution is -2.48. The molecule has 2 fully saturated rings. The fourth-order valence-electron chi connectivity index (χ4n) is 4.51. The van der Waals surface area contributed by atoms with Gasteiger partial charge in [-0.15, -0.1) is 5.10 Å². The maximum Gasteiger partial charge on any atom is 0.168 e. The van der Waals surface area contributed by atoms with E-state index in [-0.39, 0.29) is 12.1 Å². The zero-order valence-corrected chi connectivity index (χ0v) is 18.2. The second kappa shape index (κ2) is 9.41. The fraction of sp³-hybridized carbons (Fsp3) is 0.667. The molecule has 158 valence electrons. The van der Waals surface area contributed by atoms with Crippen molar-refractivity contribution in [2.75, 3.05) is 37.7 Å². The largest absolute Gasteiger partial charge is 0.376 e. The lowest BCUT2D eigenvalue weighted by Gasteiger charge is -2.40. The number of halogens is 1. The van der Waals surface area contributed by atoms with E-state index < -0.39 is 0 Å². The number of nitrogens with zero attached hydrogens (tertiary/aromatic N) is 6. The molecule has 2 aromatic rings. The summed E-state index contributed by atoms with van der Waals surface area (Å²) in [6.07, 6.45) is 4.62. The highest BCUT2D eigenvalue weighted by molar-refractivity contribution is 6.30. The number of aromatic nitrogens is 4. The van der Waals surface area contributed by atoms with Crippen LogP contribution in [0.3, 0.4) is 0 Å². The molecule has 0 saturated carbocycles. The van der Waals surface area contributed by atoms with E-state index in [2.05, 4.69) is 51.3 Å². The molecule has 29 heavy (non-hydrogen) atoms. The minimum atomic E-state index is 0.238. The highest BCUT2D eigenvalue weighted by Crippen LogP contribution is 2.29. The van der Waals surface area contributed by atoms with Gasteiger partial charge in [0.25, 0.3) is 0 Å². The van der Waals surface area contributed by atoms with Gasteiger partial charge in [0.15, 0.2) is 5.82 Å². The van der Waals surface area contributed by atoms with Crippen LogP contribution in [-0.4, -0.2) is 64.0 Å². The van der Waals surface area contributed by atoms with Crippen molar-refractivity contribution in [3.63, 3.8) is 0 Å². The molecule has 8 heteroatoms. The second-order valence-electron chi connectivity index (χ2n) is 8.11. The van der Waals surface area contributed by atoms with Crippen LogP contribution in [0.15, 0.2) is 18.2 Å².